The predicted octanol–water partition coefficient (Wildman–Crippen LogP) is 2.41. The first-order valence-electron chi connectivity index (χ1n) is 7.72. The Labute approximate surface area is 112 Å². The van der Waals surface area contributed by atoms with E-state index < -0.39 is 0 Å². The highest BCUT2D eigenvalue weighted by Gasteiger charge is 2.32. The van der Waals surface area contributed by atoms with Gasteiger partial charge in [0.1, 0.15) is 0 Å². The molecule has 106 valence electrons. The highest BCUT2D eigenvalue weighted by atomic mass is 16.5. The van der Waals surface area contributed by atoms with Crippen molar-refractivity contribution in [1.82, 2.24) is 10.2 Å². The van der Waals surface area contributed by atoms with Crippen LogP contribution in [-0.2, 0) is 4.74 Å². The Morgan fingerprint density at radius 3 is 2.83 bits per heavy atom. The van der Waals surface area contributed by atoms with Crippen molar-refractivity contribution in [3.05, 3.63) is 0 Å². The molecule has 0 spiro atoms. The summed E-state index contributed by atoms with van der Waals surface area (Å²) >= 11 is 0. The van der Waals surface area contributed by atoms with Gasteiger partial charge in [0.05, 0.1) is 5.60 Å². The maximum Gasteiger partial charge on any atom is 0.0641 e. The second-order valence-electron chi connectivity index (χ2n) is 6.49. The van der Waals surface area contributed by atoms with Crippen LogP contribution in [0.1, 0.15) is 52.9 Å². The van der Waals surface area contributed by atoms with E-state index in [1.54, 1.807) is 0 Å². The SMILES string of the molecule is CCC1CCN(C2CCOC(C)(C)C2)CCCN1. The van der Waals surface area contributed by atoms with Crippen LogP contribution in [0.25, 0.3) is 0 Å². The van der Waals surface area contributed by atoms with E-state index >= 15 is 0 Å². The summed E-state index contributed by atoms with van der Waals surface area (Å²) in [6.45, 7) is 11.4. The number of ether oxygens (including phenoxy) is 1. The summed E-state index contributed by atoms with van der Waals surface area (Å²) in [4.78, 5) is 2.73. The van der Waals surface area contributed by atoms with Crippen LogP contribution in [0.15, 0.2) is 0 Å². The molecule has 3 heteroatoms. The molecule has 2 heterocycles. The van der Waals surface area contributed by atoms with Crippen molar-refractivity contribution in [1.29, 1.82) is 0 Å². The number of nitrogens with one attached hydrogen (secondary N) is 1. The van der Waals surface area contributed by atoms with E-state index in [9.17, 15) is 0 Å². The second-order valence-corrected chi connectivity index (χ2v) is 6.49. The zero-order valence-electron chi connectivity index (χ0n) is 12.4. The molecule has 3 nitrogen and oxygen atoms in total. The molecule has 0 aromatic carbocycles. The van der Waals surface area contributed by atoms with Crippen LogP contribution in [0.5, 0.6) is 0 Å². The summed E-state index contributed by atoms with van der Waals surface area (Å²) in [5, 5.41) is 3.66. The van der Waals surface area contributed by atoms with Gasteiger partial charge >= 0.3 is 0 Å². The normalized spacial score (nSPS) is 34.8. The lowest BCUT2D eigenvalue weighted by Crippen LogP contribution is -2.49. The van der Waals surface area contributed by atoms with E-state index in [1.807, 2.05) is 0 Å². The molecule has 2 aliphatic rings. The van der Waals surface area contributed by atoms with Crippen LogP contribution in [0.3, 0.4) is 0 Å². The standard InChI is InChI=1S/C15H30N2O/c1-4-13-6-10-17(9-5-8-16-13)14-7-11-18-15(2,3)12-14/h13-14,16H,4-12H2,1-3H3. The van der Waals surface area contributed by atoms with E-state index in [4.69, 9.17) is 4.74 Å². The van der Waals surface area contributed by atoms with Crippen molar-refractivity contribution >= 4 is 0 Å². The molecule has 0 radical (unpaired) electrons. The molecule has 2 unspecified atom stereocenters. The summed E-state index contributed by atoms with van der Waals surface area (Å²) < 4.78 is 5.85. The number of hydrogen-bond acceptors (Lipinski definition) is 3. The summed E-state index contributed by atoms with van der Waals surface area (Å²) in [6, 6.07) is 1.46. The fourth-order valence-electron chi connectivity index (χ4n) is 3.35. The van der Waals surface area contributed by atoms with Gasteiger partial charge in [-0.1, -0.05) is 6.92 Å². The van der Waals surface area contributed by atoms with E-state index in [2.05, 4.69) is 31.0 Å². The highest BCUT2D eigenvalue weighted by molar-refractivity contribution is 4.86. The molecular formula is C15H30N2O. The van der Waals surface area contributed by atoms with Gasteiger partial charge in [-0.2, -0.15) is 0 Å². The van der Waals surface area contributed by atoms with Gasteiger partial charge in [-0.05, 0) is 65.6 Å². The Balaban J connectivity index is 1.90. The lowest BCUT2D eigenvalue weighted by molar-refractivity contribution is -0.0841. The quantitative estimate of drug-likeness (QED) is 0.819. The van der Waals surface area contributed by atoms with Crippen molar-refractivity contribution in [3.63, 3.8) is 0 Å². The van der Waals surface area contributed by atoms with Crippen LogP contribution in [0.2, 0.25) is 0 Å². The van der Waals surface area contributed by atoms with Gasteiger partial charge in [-0.25, -0.2) is 0 Å². The topological polar surface area (TPSA) is 24.5 Å². The predicted molar refractivity (Wildman–Crippen MR) is 75.9 cm³/mol. The number of rotatable bonds is 2. The molecule has 0 amide bonds. The Kier molecular flexibility index (Phi) is 5.05. The third-order valence-electron chi connectivity index (χ3n) is 4.50. The molecule has 0 bridgehead atoms. The van der Waals surface area contributed by atoms with Crippen molar-refractivity contribution < 1.29 is 4.74 Å². The Morgan fingerprint density at radius 2 is 2.11 bits per heavy atom. The van der Waals surface area contributed by atoms with Crippen LogP contribution >= 0.6 is 0 Å². The first kappa shape index (κ1) is 14.3. The Hall–Kier alpha value is -0.120. The molecule has 2 rings (SSSR count). The van der Waals surface area contributed by atoms with Crippen molar-refractivity contribution in [2.75, 3.05) is 26.2 Å². The minimum atomic E-state index is 0.0771. The largest absolute Gasteiger partial charge is 0.375 e. The van der Waals surface area contributed by atoms with Gasteiger partial charge in [-0.3, -0.25) is 0 Å². The van der Waals surface area contributed by atoms with Crippen molar-refractivity contribution in [2.45, 2.75) is 70.6 Å². The van der Waals surface area contributed by atoms with Crippen LogP contribution in [0.4, 0.5) is 0 Å². The third-order valence-corrected chi connectivity index (χ3v) is 4.50. The fraction of sp³-hybridized carbons (Fsp3) is 1.00. The maximum absolute atomic E-state index is 5.85. The van der Waals surface area contributed by atoms with Crippen molar-refractivity contribution in [3.8, 4) is 0 Å². The lowest BCUT2D eigenvalue weighted by Gasteiger charge is -2.42. The smallest absolute Gasteiger partial charge is 0.0641 e. The molecule has 1 N–H and O–H groups in total. The van der Waals surface area contributed by atoms with Gasteiger partial charge in [0.25, 0.3) is 0 Å². The average Bonchev–Trinajstić information content (AvgIpc) is 2.28. The molecule has 0 saturated carbocycles. The fourth-order valence-corrected chi connectivity index (χ4v) is 3.35. The molecule has 2 aliphatic heterocycles. The molecule has 0 aromatic heterocycles. The van der Waals surface area contributed by atoms with Gasteiger partial charge in [0, 0.05) is 18.7 Å². The Bertz CT molecular complexity index is 255. The molecule has 0 aromatic rings. The number of nitrogens with zero attached hydrogens (tertiary/aromatic N) is 1. The van der Waals surface area contributed by atoms with Crippen LogP contribution in [0, 0.1) is 0 Å². The second kappa shape index (κ2) is 6.36. The Morgan fingerprint density at radius 1 is 1.28 bits per heavy atom. The molecule has 0 aliphatic carbocycles. The minimum Gasteiger partial charge on any atom is -0.375 e. The van der Waals surface area contributed by atoms with Gasteiger partial charge in [0.2, 0.25) is 0 Å². The lowest BCUT2D eigenvalue weighted by atomic mass is 9.92. The molecule has 2 fully saturated rings. The van der Waals surface area contributed by atoms with Crippen LogP contribution in [-0.4, -0.2) is 48.8 Å². The third kappa shape index (κ3) is 3.94. The van der Waals surface area contributed by atoms with Crippen LogP contribution < -0.4 is 5.32 Å². The average molecular weight is 254 g/mol. The van der Waals surface area contributed by atoms with E-state index in [-0.39, 0.29) is 5.60 Å². The summed E-state index contributed by atoms with van der Waals surface area (Å²) in [5.74, 6) is 0. The molecule has 18 heavy (non-hydrogen) atoms. The van der Waals surface area contributed by atoms with Crippen molar-refractivity contribution in [2.24, 2.45) is 0 Å². The molecule has 2 saturated heterocycles. The van der Waals surface area contributed by atoms with Gasteiger partial charge in [-0.15, -0.1) is 0 Å². The van der Waals surface area contributed by atoms with E-state index in [1.165, 1.54) is 51.7 Å². The zero-order chi connectivity index (χ0) is 13.0. The molecule has 2 atom stereocenters. The van der Waals surface area contributed by atoms with E-state index in [0.29, 0.717) is 0 Å². The zero-order valence-corrected chi connectivity index (χ0v) is 12.4. The monoisotopic (exact) mass is 254 g/mol. The van der Waals surface area contributed by atoms with Gasteiger partial charge in [0.15, 0.2) is 0 Å². The minimum absolute atomic E-state index is 0.0771. The van der Waals surface area contributed by atoms with E-state index in [0.717, 1.165) is 18.7 Å². The van der Waals surface area contributed by atoms with Gasteiger partial charge < -0.3 is 15.0 Å². The maximum atomic E-state index is 5.85. The summed E-state index contributed by atoms with van der Waals surface area (Å²) in [6.07, 6.45) is 6.25. The first-order chi connectivity index (χ1) is 8.61. The molecular weight excluding hydrogens is 224 g/mol. The summed E-state index contributed by atoms with van der Waals surface area (Å²) in [5.41, 5.74) is 0.0771. The summed E-state index contributed by atoms with van der Waals surface area (Å²) in [7, 11) is 0. The number of hydrogen-bond donors (Lipinski definition) is 1. The highest BCUT2D eigenvalue weighted by Crippen LogP contribution is 2.28. The first-order valence-corrected chi connectivity index (χ1v) is 7.72.